The number of benzene rings is 2. The van der Waals surface area contributed by atoms with Crippen LogP contribution in [0.2, 0.25) is 0 Å². The maximum atomic E-state index is 12.0. The van der Waals surface area contributed by atoms with Crippen molar-refractivity contribution in [2.75, 3.05) is 25.1 Å². The standard InChI is InChI=1S/C19H22N2O3/c1-14-5-3-6-15(11-14)13-24-18-12-16(7-8-17(18)23-2)21-10-4-9-20-19(21)22/h3,5-8,11-12H,4,9-10,13H2,1-2H3,(H,20,22). The maximum absolute atomic E-state index is 12.0. The molecule has 1 aliphatic heterocycles. The van der Waals surface area contributed by atoms with E-state index in [2.05, 4.69) is 24.4 Å². The van der Waals surface area contributed by atoms with Gasteiger partial charge in [0.05, 0.1) is 7.11 Å². The smallest absolute Gasteiger partial charge is 0.321 e. The van der Waals surface area contributed by atoms with Crippen LogP contribution in [0.1, 0.15) is 17.5 Å². The predicted octanol–water partition coefficient (Wildman–Crippen LogP) is 3.50. The Morgan fingerprint density at radius 3 is 2.79 bits per heavy atom. The van der Waals surface area contributed by atoms with E-state index in [1.165, 1.54) is 5.56 Å². The SMILES string of the molecule is COc1ccc(N2CCCNC2=O)cc1OCc1cccc(C)c1. The number of anilines is 1. The number of rotatable bonds is 5. The third kappa shape index (κ3) is 3.62. The first kappa shape index (κ1) is 16.2. The summed E-state index contributed by atoms with van der Waals surface area (Å²) in [5.74, 6) is 1.29. The minimum absolute atomic E-state index is 0.0731. The Kier molecular flexibility index (Phi) is 4.89. The second kappa shape index (κ2) is 7.25. The molecule has 0 radical (unpaired) electrons. The summed E-state index contributed by atoms with van der Waals surface area (Å²) in [6.45, 7) is 3.94. The fourth-order valence-electron chi connectivity index (χ4n) is 2.78. The second-order valence-electron chi connectivity index (χ2n) is 5.85. The molecule has 1 fully saturated rings. The van der Waals surface area contributed by atoms with Gasteiger partial charge in [-0.05, 0) is 31.0 Å². The van der Waals surface area contributed by atoms with Crippen molar-refractivity contribution >= 4 is 11.7 Å². The largest absolute Gasteiger partial charge is 0.493 e. The number of nitrogens with zero attached hydrogens (tertiary/aromatic N) is 1. The first-order valence-electron chi connectivity index (χ1n) is 8.09. The van der Waals surface area contributed by atoms with Crippen LogP contribution in [0, 0.1) is 6.92 Å². The second-order valence-corrected chi connectivity index (χ2v) is 5.85. The molecule has 126 valence electrons. The number of carbonyl (C=O) groups excluding carboxylic acids is 1. The fourth-order valence-corrected chi connectivity index (χ4v) is 2.78. The Morgan fingerprint density at radius 1 is 1.17 bits per heavy atom. The summed E-state index contributed by atoms with van der Waals surface area (Å²) in [4.78, 5) is 13.7. The summed E-state index contributed by atoms with van der Waals surface area (Å²) in [6, 6.07) is 13.7. The van der Waals surface area contributed by atoms with Crippen LogP contribution in [0.5, 0.6) is 11.5 Å². The molecule has 0 unspecified atom stereocenters. The number of hydrogen-bond donors (Lipinski definition) is 1. The molecule has 1 aliphatic rings. The van der Waals surface area contributed by atoms with E-state index in [9.17, 15) is 4.79 Å². The molecule has 0 bridgehead atoms. The van der Waals surface area contributed by atoms with Crippen molar-refractivity contribution in [3.05, 3.63) is 53.6 Å². The monoisotopic (exact) mass is 326 g/mol. The third-order valence-corrected chi connectivity index (χ3v) is 4.02. The lowest BCUT2D eigenvalue weighted by atomic mass is 10.1. The van der Waals surface area contributed by atoms with E-state index in [0.717, 1.165) is 24.2 Å². The molecule has 3 rings (SSSR count). The van der Waals surface area contributed by atoms with E-state index in [1.807, 2.05) is 30.3 Å². The number of aryl methyl sites for hydroxylation is 1. The van der Waals surface area contributed by atoms with E-state index in [4.69, 9.17) is 9.47 Å². The van der Waals surface area contributed by atoms with Crippen LogP contribution < -0.4 is 19.7 Å². The molecule has 0 aromatic heterocycles. The van der Waals surface area contributed by atoms with Crippen molar-refractivity contribution in [3.63, 3.8) is 0 Å². The van der Waals surface area contributed by atoms with E-state index in [0.29, 0.717) is 24.7 Å². The van der Waals surface area contributed by atoms with Crippen molar-refractivity contribution in [3.8, 4) is 11.5 Å². The van der Waals surface area contributed by atoms with Crippen molar-refractivity contribution in [2.45, 2.75) is 20.0 Å². The summed E-state index contributed by atoms with van der Waals surface area (Å²) in [7, 11) is 1.61. The highest BCUT2D eigenvalue weighted by atomic mass is 16.5. The number of amides is 2. The van der Waals surface area contributed by atoms with Gasteiger partial charge in [0.15, 0.2) is 11.5 Å². The highest BCUT2D eigenvalue weighted by Crippen LogP contribution is 2.33. The number of carbonyl (C=O) groups is 1. The molecule has 5 nitrogen and oxygen atoms in total. The van der Waals surface area contributed by atoms with Gasteiger partial charge in [-0.1, -0.05) is 29.8 Å². The summed E-state index contributed by atoms with van der Waals surface area (Å²) in [6.07, 6.45) is 0.928. The van der Waals surface area contributed by atoms with Crippen LogP contribution in [0.3, 0.4) is 0 Å². The van der Waals surface area contributed by atoms with Crippen LogP contribution >= 0.6 is 0 Å². The van der Waals surface area contributed by atoms with E-state index in [-0.39, 0.29) is 6.03 Å². The van der Waals surface area contributed by atoms with Crippen molar-refractivity contribution in [2.24, 2.45) is 0 Å². The van der Waals surface area contributed by atoms with Crippen LogP contribution in [0.25, 0.3) is 0 Å². The van der Waals surface area contributed by atoms with Gasteiger partial charge < -0.3 is 14.8 Å². The Balaban J connectivity index is 1.80. The lowest BCUT2D eigenvalue weighted by Crippen LogP contribution is -2.46. The van der Waals surface area contributed by atoms with Gasteiger partial charge >= 0.3 is 6.03 Å². The van der Waals surface area contributed by atoms with Gasteiger partial charge in [-0.15, -0.1) is 0 Å². The lowest BCUT2D eigenvalue weighted by Gasteiger charge is -2.28. The quantitative estimate of drug-likeness (QED) is 0.915. The highest BCUT2D eigenvalue weighted by Gasteiger charge is 2.20. The van der Waals surface area contributed by atoms with Crippen molar-refractivity contribution < 1.29 is 14.3 Å². The van der Waals surface area contributed by atoms with Crippen LogP contribution in [-0.4, -0.2) is 26.2 Å². The zero-order valence-electron chi connectivity index (χ0n) is 14.0. The average Bonchev–Trinajstić information content (AvgIpc) is 2.60. The van der Waals surface area contributed by atoms with Crippen LogP contribution in [0.15, 0.2) is 42.5 Å². The number of ether oxygens (including phenoxy) is 2. The predicted molar refractivity (Wildman–Crippen MR) is 93.9 cm³/mol. The van der Waals surface area contributed by atoms with Crippen molar-refractivity contribution in [1.82, 2.24) is 5.32 Å². The van der Waals surface area contributed by atoms with Crippen LogP contribution in [-0.2, 0) is 6.61 Å². The molecule has 0 spiro atoms. The highest BCUT2D eigenvalue weighted by molar-refractivity contribution is 5.93. The van der Waals surface area contributed by atoms with Gasteiger partial charge in [-0.3, -0.25) is 4.90 Å². The van der Waals surface area contributed by atoms with Crippen molar-refractivity contribution in [1.29, 1.82) is 0 Å². The van der Waals surface area contributed by atoms with Gasteiger partial charge in [0.1, 0.15) is 6.61 Å². The molecule has 2 aromatic rings. The molecule has 0 saturated carbocycles. The molecule has 2 aromatic carbocycles. The van der Waals surface area contributed by atoms with Gasteiger partial charge in [0.2, 0.25) is 0 Å². The molecule has 1 N–H and O–H groups in total. The van der Waals surface area contributed by atoms with E-state index < -0.39 is 0 Å². The van der Waals surface area contributed by atoms with Gasteiger partial charge in [0.25, 0.3) is 0 Å². The number of methoxy groups -OCH3 is 1. The first-order chi connectivity index (χ1) is 11.7. The molecule has 0 aliphatic carbocycles. The minimum atomic E-state index is -0.0731. The summed E-state index contributed by atoms with van der Waals surface area (Å²) >= 11 is 0. The van der Waals surface area contributed by atoms with Gasteiger partial charge in [-0.2, -0.15) is 0 Å². The normalized spacial score (nSPS) is 14.2. The Bertz CT molecular complexity index is 730. The van der Waals surface area contributed by atoms with Gasteiger partial charge in [0, 0.05) is 24.8 Å². The van der Waals surface area contributed by atoms with Gasteiger partial charge in [-0.25, -0.2) is 4.79 Å². The Labute approximate surface area is 142 Å². The maximum Gasteiger partial charge on any atom is 0.321 e. The molecule has 1 saturated heterocycles. The van der Waals surface area contributed by atoms with Crippen LogP contribution in [0.4, 0.5) is 10.5 Å². The topological polar surface area (TPSA) is 50.8 Å². The Hall–Kier alpha value is -2.69. The zero-order valence-corrected chi connectivity index (χ0v) is 14.0. The molecular formula is C19H22N2O3. The molecule has 2 amide bonds. The lowest BCUT2D eigenvalue weighted by molar-refractivity contribution is 0.242. The number of hydrogen-bond acceptors (Lipinski definition) is 3. The molecule has 0 atom stereocenters. The third-order valence-electron chi connectivity index (χ3n) is 4.02. The Morgan fingerprint density at radius 2 is 2.04 bits per heavy atom. The van der Waals surface area contributed by atoms with E-state index >= 15 is 0 Å². The average molecular weight is 326 g/mol. The first-order valence-corrected chi connectivity index (χ1v) is 8.09. The molecule has 5 heteroatoms. The summed E-state index contributed by atoms with van der Waals surface area (Å²) in [5, 5.41) is 2.86. The van der Waals surface area contributed by atoms with E-state index in [1.54, 1.807) is 12.0 Å². The molecular weight excluding hydrogens is 304 g/mol. The number of nitrogens with one attached hydrogen (secondary N) is 1. The summed E-state index contributed by atoms with van der Waals surface area (Å²) in [5.41, 5.74) is 3.10. The fraction of sp³-hybridized carbons (Fsp3) is 0.316. The molecule has 1 heterocycles. The number of urea groups is 1. The molecule has 24 heavy (non-hydrogen) atoms. The zero-order chi connectivity index (χ0) is 16.9. The minimum Gasteiger partial charge on any atom is -0.493 e. The summed E-state index contributed by atoms with van der Waals surface area (Å²) < 4.78 is 11.3.